The lowest BCUT2D eigenvalue weighted by atomic mass is 9.80. The maximum Gasteiger partial charge on any atom is 0.135 e. The topological polar surface area (TPSA) is 49.7 Å². The van der Waals surface area contributed by atoms with Crippen molar-refractivity contribution in [2.75, 3.05) is 13.2 Å². The van der Waals surface area contributed by atoms with Crippen molar-refractivity contribution in [1.82, 2.24) is 0 Å². The van der Waals surface area contributed by atoms with Gasteiger partial charge in [0.05, 0.1) is 13.2 Å². The molecule has 0 aromatic rings. The molecule has 0 unspecified atom stereocenters. The third-order valence-corrected chi connectivity index (χ3v) is 7.03. The summed E-state index contributed by atoms with van der Waals surface area (Å²) in [6.45, 7) is -0.0695. The van der Waals surface area contributed by atoms with E-state index in [1.807, 2.05) is 0 Å². The van der Waals surface area contributed by atoms with Crippen molar-refractivity contribution in [2.45, 2.75) is 88.3 Å². The number of ether oxygens (including phenoxy) is 1. The third kappa shape index (κ3) is 3.28. The Labute approximate surface area is 163 Å². The fraction of sp³-hybridized carbons (Fsp3) is 0.667. The van der Waals surface area contributed by atoms with Crippen LogP contribution in [0.15, 0.2) is 46.6 Å². The Bertz CT molecular complexity index is 574. The van der Waals surface area contributed by atoms with Gasteiger partial charge in [0.2, 0.25) is 0 Å². The van der Waals surface area contributed by atoms with Crippen LogP contribution >= 0.6 is 0 Å². The van der Waals surface area contributed by atoms with Crippen LogP contribution in [0.3, 0.4) is 0 Å². The first-order chi connectivity index (χ1) is 13.2. The zero-order valence-corrected chi connectivity index (χ0v) is 16.5. The van der Waals surface area contributed by atoms with E-state index >= 15 is 0 Å². The highest BCUT2D eigenvalue weighted by atomic mass is 16.5. The average molecular weight is 371 g/mol. The highest BCUT2D eigenvalue weighted by Gasteiger charge is 2.50. The molecule has 0 heterocycles. The Hall–Kier alpha value is -1.16. The lowest BCUT2D eigenvalue weighted by molar-refractivity contribution is -0.124. The number of allylic oxidation sites excluding steroid dienone is 4. The summed E-state index contributed by atoms with van der Waals surface area (Å²) < 4.78 is 7.09. The van der Waals surface area contributed by atoms with Crippen molar-refractivity contribution in [3.8, 4) is 0 Å². The Morgan fingerprint density at radius 3 is 1.07 bits per heavy atom. The number of aliphatic hydroxyl groups is 2. The van der Waals surface area contributed by atoms with E-state index in [0.717, 1.165) is 77.0 Å². The molecule has 0 spiro atoms. The molecule has 0 radical (unpaired) electrons. The van der Waals surface area contributed by atoms with Gasteiger partial charge in [-0.05, 0) is 99.3 Å². The van der Waals surface area contributed by atoms with Gasteiger partial charge in [-0.3, -0.25) is 0 Å². The lowest BCUT2D eigenvalue weighted by Gasteiger charge is -2.46. The summed E-state index contributed by atoms with van der Waals surface area (Å²) in [7, 11) is 0. The zero-order chi connectivity index (χ0) is 18.7. The molecule has 2 N–H and O–H groups in total. The molecule has 4 rings (SSSR count). The van der Waals surface area contributed by atoms with E-state index in [2.05, 4.69) is 24.3 Å². The van der Waals surface area contributed by atoms with Crippen molar-refractivity contribution in [2.24, 2.45) is 0 Å². The first-order valence-electron chi connectivity index (χ1n) is 10.9. The van der Waals surface area contributed by atoms with E-state index in [1.54, 1.807) is 0 Å². The first kappa shape index (κ1) is 19.2. The Morgan fingerprint density at radius 1 is 0.593 bits per heavy atom. The van der Waals surface area contributed by atoms with Crippen molar-refractivity contribution in [3.05, 3.63) is 46.6 Å². The average Bonchev–Trinajstić information content (AvgIpc) is 3.52. The highest BCUT2D eigenvalue weighted by Crippen LogP contribution is 2.49. The number of hydrogen-bond donors (Lipinski definition) is 2. The van der Waals surface area contributed by atoms with Crippen LogP contribution in [0.1, 0.15) is 77.0 Å². The Kier molecular flexibility index (Phi) is 5.73. The van der Waals surface area contributed by atoms with Crippen molar-refractivity contribution < 1.29 is 14.9 Å². The summed E-state index contributed by atoms with van der Waals surface area (Å²) in [5, 5.41) is 21.4. The second-order valence-electron chi connectivity index (χ2n) is 8.56. The molecule has 0 saturated carbocycles. The summed E-state index contributed by atoms with van der Waals surface area (Å²) in [5.41, 5.74) is 3.40. The quantitative estimate of drug-likeness (QED) is 0.597. The number of rotatable bonds is 8. The first-order valence-corrected chi connectivity index (χ1v) is 10.9. The molecule has 0 aromatic heterocycles. The summed E-state index contributed by atoms with van der Waals surface area (Å²) in [5.74, 6) is 0. The maximum absolute atomic E-state index is 10.7. The predicted molar refractivity (Wildman–Crippen MR) is 108 cm³/mol. The smallest absolute Gasteiger partial charge is 0.135 e. The maximum atomic E-state index is 10.7. The number of aliphatic hydroxyl groups excluding tert-OH is 2. The van der Waals surface area contributed by atoms with Gasteiger partial charge in [0.25, 0.3) is 0 Å². The second-order valence-corrected chi connectivity index (χ2v) is 8.56. The minimum atomic E-state index is -0.761. The Balaban J connectivity index is 1.80. The largest absolute Gasteiger partial charge is 0.393 e. The minimum absolute atomic E-state index is 0.0347. The number of hydrogen-bond acceptors (Lipinski definition) is 3. The molecule has 0 saturated heterocycles. The van der Waals surface area contributed by atoms with Gasteiger partial charge in [-0.25, -0.2) is 0 Å². The molecule has 0 atom stereocenters. The van der Waals surface area contributed by atoms with Gasteiger partial charge in [-0.2, -0.15) is 0 Å². The summed E-state index contributed by atoms with van der Waals surface area (Å²) in [6, 6.07) is 0. The monoisotopic (exact) mass is 370 g/mol. The van der Waals surface area contributed by atoms with Crippen molar-refractivity contribution in [3.63, 3.8) is 0 Å². The lowest BCUT2D eigenvalue weighted by Crippen LogP contribution is -2.52. The fourth-order valence-corrected chi connectivity index (χ4v) is 5.59. The minimum Gasteiger partial charge on any atom is -0.393 e. The highest BCUT2D eigenvalue weighted by molar-refractivity contribution is 5.42. The molecule has 4 aliphatic rings. The van der Waals surface area contributed by atoms with Crippen molar-refractivity contribution in [1.29, 1.82) is 0 Å². The second kappa shape index (κ2) is 8.06. The van der Waals surface area contributed by atoms with E-state index in [-0.39, 0.29) is 13.2 Å². The molecule has 4 aliphatic carbocycles. The standard InChI is InChI=1S/C24H34O3/c25-17-23(19-9-1-2-10-19,20-11-3-4-12-20)27-24(18-26,21-13-5-6-14-21)22-15-7-8-16-22/h9,11,13,15,25-26H,1-8,10,12,14,16-18H2. The van der Waals surface area contributed by atoms with Gasteiger partial charge < -0.3 is 14.9 Å². The molecule has 0 aliphatic heterocycles. The third-order valence-electron chi connectivity index (χ3n) is 7.03. The van der Waals surface area contributed by atoms with Gasteiger partial charge in [-0.1, -0.05) is 24.3 Å². The summed E-state index contributed by atoms with van der Waals surface area (Å²) in [6.07, 6.45) is 21.8. The van der Waals surface area contributed by atoms with Crippen LogP contribution < -0.4 is 0 Å². The van der Waals surface area contributed by atoms with Gasteiger partial charge in [0, 0.05) is 0 Å². The molecule has 0 bridgehead atoms. The van der Waals surface area contributed by atoms with Crippen LogP contribution in [0.4, 0.5) is 0 Å². The van der Waals surface area contributed by atoms with Crippen LogP contribution in [-0.4, -0.2) is 34.6 Å². The fourth-order valence-electron chi connectivity index (χ4n) is 5.59. The van der Waals surface area contributed by atoms with E-state index in [0.29, 0.717) is 0 Å². The van der Waals surface area contributed by atoms with Crippen LogP contribution in [0, 0.1) is 0 Å². The molecule has 0 aromatic carbocycles. The van der Waals surface area contributed by atoms with Crippen LogP contribution in [0.5, 0.6) is 0 Å². The summed E-state index contributed by atoms with van der Waals surface area (Å²) in [4.78, 5) is 0. The summed E-state index contributed by atoms with van der Waals surface area (Å²) >= 11 is 0. The molecular formula is C24H34O3. The van der Waals surface area contributed by atoms with E-state index < -0.39 is 11.2 Å². The van der Waals surface area contributed by atoms with Crippen LogP contribution in [0.2, 0.25) is 0 Å². The molecule has 27 heavy (non-hydrogen) atoms. The zero-order valence-electron chi connectivity index (χ0n) is 16.5. The van der Waals surface area contributed by atoms with Gasteiger partial charge in [0.15, 0.2) is 0 Å². The Morgan fingerprint density at radius 2 is 0.889 bits per heavy atom. The van der Waals surface area contributed by atoms with Crippen LogP contribution in [-0.2, 0) is 4.74 Å². The molecule has 3 heteroatoms. The molecule has 0 amide bonds. The normalized spacial score (nSPS) is 23.5. The molecular weight excluding hydrogens is 336 g/mol. The van der Waals surface area contributed by atoms with Gasteiger partial charge in [-0.15, -0.1) is 0 Å². The van der Waals surface area contributed by atoms with Crippen LogP contribution in [0.25, 0.3) is 0 Å². The van der Waals surface area contributed by atoms with E-state index in [1.165, 1.54) is 22.3 Å². The van der Waals surface area contributed by atoms with E-state index in [4.69, 9.17) is 4.74 Å². The van der Waals surface area contributed by atoms with Gasteiger partial charge >= 0.3 is 0 Å². The SMILES string of the molecule is OCC(OC(CO)(C1=CCCC1)C1=CCCC1)(C1=CCCC1)C1=CCCC1. The predicted octanol–water partition coefficient (Wildman–Crippen LogP) is 4.91. The van der Waals surface area contributed by atoms with Gasteiger partial charge in [0.1, 0.15) is 11.2 Å². The molecule has 0 fully saturated rings. The molecule has 148 valence electrons. The molecule has 3 nitrogen and oxygen atoms in total. The van der Waals surface area contributed by atoms with E-state index in [9.17, 15) is 10.2 Å². The van der Waals surface area contributed by atoms with Crippen molar-refractivity contribution >= 4 is 0 Å².